The molecule has 0 saturated carbocycles. The number of hydrogen-bond acceptors (Lipinski definition) is 6. The van der Waals surface area contributed by atoms with Crippen molar-refractivity contribution in [2.75, 3.05) is 67.7 Å². The molecule has 2 saturated heterocycles. The molecule has 2 fully saturated rings. The number of nitrogens with zero attached hydrogens (tertiary/aromatic N) is 2. The Morgan fingerprint density at radius 1 is 0.735 bits per heavy atom. The molecule has 1 amide bonds. The minimum atomic E-state index is -0.174. The highest BCUT2D eigenvalue weighted by molar-refractivity contribution is 6.06. The van der Waals surface area contributed by atoms with Gasteiger partial charge in [-0.05, 0) is 48.5 Å². The van der Waals surface area contributed by atoms with Crippen LogP contribution >= 0.6 is 0 Å². The maximum absolute atomic E-state index is 13.2. The molecule has 0 spiro atoms. The Morgan fingerprint density at radius 2 is 1.41 bits per heavy atom. The largest absolute Gasteiger partial charge is 0.457 e. The third kappa shape index (κ3) is 5.32. The highest BCUT2D eigenvalue weighted by atomic mass is 16.5. The number of rotatable bonds is 6. The molecule has 0 aliphatic carbocycles. The van der Waals surface area contributed by atoms with Gasteiger partial charge < -0.3 is 29.3 Å². The molecule has 0 bridgehead atoms. The molecule has 0 atom stereocenters. The van der Waals surface area contributed by atoms with Crippen molar-refractivity contribution < 1.29 is 19.0 Å². The quantitative estimate of drug-likeness (QED) is 0.589. The minimum Gasteiger partial charge on any atom is -0.457 e. The Bertz CT molecular complexity index is 1110. The molecular formula is C27H29N3O4. The van der Waals surface area contributed by atoms with Gasteiger partial charge in [-0.2, -0.15) is 0 Å². The van der Waals surface area contributed by atoms with E-state index in [2.05, 4.69) is 27.2 Å². The van der Waals surface area contributed by atoms with E-state index in [0.29, 0.717) is 24.5 Å². The van der Waals surface area contributed by atoms with Gasteiger partial charge in [-0.3, -0.25) is 4.79 Å². The van der Waals surface area contributed by atoms with E-state index in [4.69, 9.17) is 14.2 Å². The summed E-state index contributed by atoms with van der Waals surface area (Å²) in [6, 6.07) is 23.0. The third-order valence-corrected chi connectivity index (χ3v) is 6.03. The van der Waals surface area contributed by atoms with Gasteiger partial charge in [0.25, 0.3) is 5.91 Å². The second-order valence-electron chi connectivity index (χ2n) is 8.30. The number of nitrogens with one attached hydrogen (secondary N) is 1. The molecule has 0 unspecified atom stereocenters. The maximum Gasteiger partial charge on any atom is 0.255 e. The number of carbonyl (C=O) groups is 1. The van der Waals surface area contributed by atoms with E-state index in [0.717, 1.165) is 62.2 Å². The van der Waals surface area contributed by atoms with Crippen LogP contribution in [-0.2, 0) is 9.47 Å². The Hall–Kier alpha value is -3.55. The predicted molar refractivity (Wildman–Crippen MR) is 133 cm³/mol. The molecule has 7 heteroatoms. The van der Waals surface area contributed by atoms with E-state index in [1.165, 1.54) is 0 Å². The second-order valence-corrected chi connectivity index (χ2v) is 8.30. The monoisotopic (exact) mass is 459 g/mol. The van der Waals surface area contributed by atoms with Crippen molar-refractivity contribution in [3.05, 3.63) is 78.4 Å². The number of morpholine rings is 2. The number of benzene rings is 3. The zero-order chi connectivity index (χ0) is 23.2. The zero-order valence-corrected chi connectivity index (χ0v) is 19.1. The average Bonchev–Trinajstić information content (AvgIpc) is 2.91. The van der Waals surface area contributed by atoms with Crippen molar-refractivity contribution in [1.29, 1.82) is 0 Å². The Morgan fingerprint density at radius 3 is 2.15 bits per heavy atom. The maximum atomic E-state index is 13.2. The summed E-state index contributed by atoms with van der Waals surface area (Å²) in [5, 5.41) is 3.13. The first-order chi connectivity index (χ1) is 16.8. The minimum absolute atomic E-state index is 0.174. The lowest BCUT2D eigenvalue weighted by Gasteiger charge is -2.33. The summed E-state index contributed by atoms with van der Waals surface area (Å²) < 4.78 is 17.0. The second kappa shape index (κ2) is 10.6. The van der Waals surface area contributed by atoms with Crippen LogP contribution in [0, 0.1) is 0 Å². The van der Waals surface area contributed by atoms with Crippen LogP contribution in [-0.4, -0.2) is 58.5 Å². The summed E-state index contributed by atoms with van der Waals surface area (Å²) in [6.45, 7) is 6.11. The lowest BCUT2D eigenvalue weighted by Crippen LogP contribution is -2.38. The summed E-state index contributed by atoms with van der Waals surface area (Å²) in [5.74, 6) is 1.18. The molecule has 0 radical (unpaired) electrons. The van der Waals surface area contributed by atoms with E-state index in [1.807, 2.05) is 48.5 Å². The molecule has 7 nitrogen and oxygen atoms in total. The average molecular weight is 460 g/mol. The van der Waals surface area contributed by atoms with Crippen molar-refractivity contribution in [2.24, 2.45) is 0 Å². The van der Waals surface area contributed by atoms with E-state index < -0.39 is 0 Å². The Labute approximate surface area is 199 Å². The summed E-state index contributed by atoms with van der Waals surface area (Å²) in [6.07, 6.45) is 0. The molecule has 2 aliphatic heterocycles. The number of hydrogen-bond donors (Lipinski definition) is 1. The summed E-state index contributed by atoms with van der Waals surface area (Å²) in [4.78, 5) is 17.8. The number of amides is 1. The lowest BCUT2D eigenvalue weighted by atomic mass is 10.1. The molecule has 176 valence electrons. The number of carbonyl (C=O) groups excluding carboxylic acids is 1. The van der Waals surface area contributed by atoms with Crippen molar-refractivity contribution in [2.45, 2.75) is 0 Å². The fraction of sp³-hybridized carbons (Fsp3) is 0.296. The van der Waals surface area contributed by atoms with Crippen LogP contribution in [0.2, 0.25) is 0 Å². The van der Waals surface area contributed by atoms with Crippen molar-refractivity contribution in [3.8, 4) is 11.5 Å². The van der Waals surface area contributed by atoms with Gasteiger partial charge in [0.15, 0.2) is 0 Å². The van der Waals surface area contributed by atoms with Gasteiger partial charge in [-0.1, -0.05) is 24.3 Å². The summed E-state index contributed by atoms with van der Waals surface area (Å²) in [7, 11) is 0. The van der Waals surface area contributed by atoms with Gasteiger partial charge in [-0.25, -0.2) is 0 Å². The van der Waals surface area contributed by atoms with Crippen molar-refractivity contribution in [1.82, 2.24) is 0 Å². The molecule has 3 aromatic carbocycles. The fourth-order valence-corrected chi connectivity index (χ4v) is 4.23. The molecule has 34 heavy (non-hydrogen) atoms. The molecular weight excluding hydrogens is 430 g/mol. The molecule has 2 heterocycles. The van der Waals surface area contributed by atoms with Crippen molar-refractivity contribution >= 4 is 23.0 Å². The van der Waals surface area contributed by atoms with Crippen molar-refractivity contribution in [3.63, 3.8) is 0 Å². The van der Waals surface area contributed by atoms with Gasteiger partial charge >= 0.3 is 0 Å². The number of ether oxygens (including phenoxy) is 3. The molecule has 0 aromatic heterocycles. The Balaban J connectivity index is 1.37. The molecule has 3 aromatic rings. The highest BCUT2D eigenvalue weighted by Crippen LogP contribution is 2.33. The van der Waals surface area contributed by atoms with Crippen LogP contribution in [0.1, 0.15) is 10.4 Å². The summed E-state index contributed by atoms with van der Waals surface area (Å²) >= 11 is 0. The molecule has 2 aliphatic rings. The van der Waals surface area contributed by atoms with Gasteiger partial charge in [0.1, 0.15) is 11.5 Å². The van der Waals surface area contributed by atoms with Gasteiger partial charge in [-0.15, -0.1) is 0 Å². The Kier molecular flexibility index (Phi) is 6.93. The molecule has 5 rings (SSSR count). The van der Waals surface area contributed by atoms with Crippen LogP contribution in [0.3, 0.4) is 0 Å². The van der Waals surface area contributed by atoms with E-state index in [9.17, 15) is 4.79 Å². The first kappa shape index (κ1) is 22.3. The first-order valence-corrected chi connectivity index (χ1v) is 11.7. The third-order valence-electron chi connectivity index (χ3n) is 6.03. The van der Waals surface area contributed by atoms with Crippen LogP contribution in [0.15, 0.2) is 72.8 Å². The van der Waals surface area contributed by atoms with E-state index in [1.54, 1.807) is 12.1 Å². The fourth-order valence-electron chi connectivity index (χ4n) is 4.23. The number of para-hydroxylation sites is 1. The van der Waals surface area contributed by atoms with Crippen LogP contribution < -0.4 is 19.9 Å². The van der Waals surface area contributed by atoms with E-state index in [-0.39, 0.29) is 5.91 Å². The van der Waals surface area contributed by atoms with E-state index >= 15 is 0 Å². The van der Waals surface area contributed by atoms with Crippen LogP contribution in [0.25, 0.3) is 0 Å². The van der Waals surface area contributed by atoms with Gasteiger partial charge in [0, 0.05) is 37.4 Å². The topological polar surface area (TPSA) is 63.3 Å². The summed E-state index contributed by atoms with van der Waals surface area (Å²) in [5.41, 5.74) is 3.48. The zero-order valence-electron chi connectivity index (χ0n) is 19.1. The highest BCUT2D eigenvalue weighted by Gasteiger charge is 2.20. The SMILES string of the molecule is O=C(Nc1ccc(N2CCOCC2)cc1N1CCOCC1)c1cccc(Oc2ccccc2)c1. The normalized spacial score (nSPS) is 16.2. The number of anilines is 3. The smallest absolute Gasteiger partial charge is 0.255 e. The predicted octanol–water partition coefficient (Wildman–Crippen LogP) is 4.40. The lowest BCUT2D eigenvalue weighted by molar-refractivity contribution is 0.102. The van der Waals surface area contributed by atoms with Gasteiger partial charge in [0.2, 0.25) is 0 Å². The standard InChI is InChI=1S/C27H29N3O4/c31-27(21-5-4-8-24(19-21)34-23-6-2-1-3-7-23)28-25-10-9-22(29-11-15-32-16-12-29)20-26(25)30-13-17-33-18-14-30/h1-10,19-20H,11-18H2,(H,28,31). The first-order valence-electron chi connectivity index (χ1n) is 11.7. The van der Waals surface area contributed by atoms with Gasteiger partial charge in [0.05, 0.1) is 37.8 Å². The van der Waals surface area contributed by atoms with Crippen LogP contribution in [0.5, 0.6) is 11.5 Å². The molecule has 1 N–H and O–H groups in total. The van der Waals surface area contributed by atoms with Crippen LogP contribution in [0.4, 0.5) is 17.1 Å².